The number of halogens is 3. The first-order valence-electron chi connectivity index (χ1n) is 4.86. The van der Waals surface area contributed by atoms with Crippen LogP contribution in [0.4, 0.5) is 8.78 Å². The molecule has 82 valence electrons. The van der Waals surface area contributed by atoms with Gasteiger partial charge in [-0.1, -0.05) is 15.9 Å². The van der Waals surface area contributed by atoms with Gasteiger partial charge in [0.2, 0.25) is 0 Å². The monoisotopic (exact) mass is 275 g/mol. The Kier molecular flexibility index (Phi) is 2.81. The van der Waals surface area contributed by atoms with E-state index in [9.17, 15) is 8.78 Å². The van der Waals surface area contributed by atoms with Crippen molar-refractivity contribution in [3.63, 3.8) is 0 Å². The molecule has 15 heavy (non-hydrogen) atoms. The topological polar surface area (TPSA) is 26.0 Å². The molecule has 0 bridgehead atoms. The maximum absolute atomic E-state index is 13.9. The molecule has 1 aromatic rings. The van der Waals surface area contributed by atoms with Gasteiger partial charge < -0.3 is 5.73 Å². The highest BCUT2D eigenvalue weighted by atomic mass is 79.9. The Hall–Kier alpha value is -0.480. The van der Waals surface area contributed by atoms with Crippen LogP contribution in [-0.2, 0) is 6.42 Å². The lowest BCUT2D eigenvalue weighted by Crippen LogP contribution is -2.49. The summed E-state index contributed by atoms with van der Waals surface area (Å²) < 4.78 is 27.6. The van der Waals surface area contributed by atoms with E-state index in [2.05, 4.69) is 15.9 Å². The second-order valence-electron chi connectivity index (χ2n) is 4.27. The fourth-order valence-corrected chi connectivity index (χ4v) is 2.62. The SMILES string of the molecule is NC1CC(F)(Cc2cc(F)cc(Br)c2)C1. The molecule has 0 unspecified atom stereocenters. The maximum atomic E-state index is 13.9. The van der Waals surface area contributed by atoms with Crippen molar-refractivity contribution in [1.29, 1.82) is 0 Å². The van der Waals surface area contributed by atoms with Gasteiger partial charge in [0.1, 0.15) is 11.5 Å². The molecule has 0 aliphatic heterocycles. The molecule has 1 aliphatic carbocycles. The molecular weight excluding hydrogens is 264 g/mol. The van der Waals surface area contributed by atoms with Crippen LogP contribution < -0.4 is 5.73 Å². The minimum atomic E-state index is -1.23. The first kappa shape index (κ1) is 11.0. The summed E-state index contributed by atoms with van der Waals surface area (Å²) in [6.07, 6.45) is 0.999. The van der Waals surface area contributed by atoms with Gasteiger partial charge in [0, 0.05) is 16.9 Å². The van der Waals surface area contributed by atoms with E-state index in [1.54, 1.807) is 6.07 Å². The van der Waals surface area contributed by atoms with Crippen molar-refractivity contribution in [2.24, 2.45) is 5.73 Å². The van der Waals surface area contributed by atoms with Gasteiger partial charge in [-0.25, -0.2) is 8.78 Å². The lowest BCUT2D eigenvalue weighted by molar-refractivity contribution is 0.0444. The first-order valence-corrected chi connectivity index (χ1v) is 5.66. The summed E-state index contributed by atoms with van der Waals surface area (Å²) in [5.41, 5.74) is 4.99. The normalized spacial score (nSPS) is 30.0. The lowest BCUT2D eigenvalue weighted by atomic mass is 9.74. The Morgan fingerprint density at radius 3 is 2.60 bits per heavy atom. The van der Waals surface area contributed by atoms with E-state index in [-0.39, 0.29) is 18.3 Å². The number of rotatable bonds is 2. The van der Waals surface area contributed by atoms with Crippen molar-refractivity contribution in [3.05, 3.63) is 34.1 Å². The maximum Gasteiger partial charge on any atom is 0.124 e. The smallest absolute Gasteiger partial charge is 0.124 e. The predicted octanol–water partition coefficient (Wildman–Crippen LogP) is 2.96. The fraction of sp³-hybridized carbons (Fsp3) is 0.455. The molecule has 4 heteroatoms. The highest BCUT2D eigenvalue weighted by Gasteiger charge is 2.42. The van der Waals surface area contributed by atoms with Crippen molar-refractivity contribution in [2.45, 2.75) is 31.0 Å². The van der Waals surface area contributed by atoms with Crippen molar-refractivity contribution >= 4 is 15.9 Å². The van der Waals surface area contributed by atoms with Gasteiger partial charge in [-0.2, -0.15) is 0 Å². The van der Waals surface area contributed by atoms with Gasteiger partial charge >= 0.3 is 0 Å². The number of benzene rings is 1. The minimum Gasteiger partial charge on any atom is -0.327 e. The zero-order chi connectivity index (χ0) is 11.1. The molecule has 0 saturated heterocycles. The van der Waals surface area contributed by atoms with E-state index in [0.717, 1.165) is 0 Å². The number of hydrogen-bond donors (Lipinski definition) is 1. The molecule has 1 saturated carbocycles. The molecule has 0 radical (unpaired) electrons. The second-order valence-corrected chi connectivity index (χ2v) is 5.19. The van der Waals surface area contributed by atoms with Crippen LogP contribution in [0.2, 0.25) is 0 Å². The van der Waals surface area contributed by atoms with E-state index in [0.29, 0.717) is 22.9 Å². The van der Waals surface area contributed by atoms with Crippen LogP contribution >= 0.6 is 15.9 Å². The summed E-state index contributed by atoms with van der Waals surface area (Å²) in [6, 6.07) is 4.44. The molecule has 0 spiro atoms. The number of hydrogen-bond acceptors (Lipinski definition) is 1. The zero-order valence-corrected chi connectivity index (χ0v) is 9.73. The molecule has 0 heterocycles. The van der Waals surface area contributed by atoms with E-state index in [1.807, 2.05) is 0 Å². The molecule has 1 fully saturated rings. The highest BCUT2D eigenvalue weighted by molar-refractivity contribution is 9.10. The third kappa shape index (κ3) is 2.55. The highest BCUT2D eigenvalue weighted by Crippen LogP contribution is 2.38. The van der Waals surface area contributed by atoms with Gasteiger partial charge in [0.25, 0.3) is 0 Å². The van der Waals surface area contributed by atoms with Crippen LogP contribution in [0.3, 0.4) is 0 Å². The molecule has 2 rings (SSSR count). The van der Waals surface area contributed by atoms with Crippen LogP contribution in [-0.4, -0.2) is 11.7 Å². The van der Waals surface area contributed by atoms with Crippen LogP contribution in [0, 0.1) is 5.82 Å². The largest absolute Gasteiger partial charge is 0.327 e. The Bertz CT molecular complexity index is 355. The zero-order valence-electron chi connectivity index (χ0n) is 8.14. The van der Waals surface area contributed by atoms with E-state index in [1.165, 1.54) is 12.1 Å². The van der Waals surface area contributed by atoms with Gasteiger partial charge in [0.05, 0.1) is 0 Å². The molecule has 2 N–H and O–H groups in total. The number of nitrogens with two attached hydrogens (primary N) is 1. The van der Waals surface area contributed by atoms with Crippen molar-refractivity contribution < 1.29 is 8.78 Å². The molecule has 1 aromatic carbocycles. The van der Waals surface area contributed by atoms with Crippen molar-refractivity contribution in [2.75, 3.05) is 0 Å². The third-order valence-corrected chi connectivity index (χ3v) is 3.16. The Labute approximate surface area is 95.8 Å². The average Bonchev–Trinajstić information content (AvgIpc) is 1.97. The Balaban J connectivity index is 2.11. The summed E-state index contributed by atoms with van der Waals surface area (Å²) >= 11 is 3.19. The fourth-order valence-electron chi connectivity index (χ4n) is 2.10. The summed E-state index contributed by atoms with van der Waals surface area (Å²) in [5, 5.41) is 0. The molecule has 0 amide bonds. The van der Waals surface area contributed by atoms with Gasteiger partial charge in [-0.05, 0) is 36.6 Å². The van der Waals surface area contributed by atoms with Gasteiger partial charge in [-0.3, -0.25) is 0 Å². The third-order valence-electron chi connectivity index (χ3n) is 2.70. The van der Waals surface area contributed by atoms with Crippen LogP contribution in [0.25, 0.3) is 0 Å². The first-order chi connectivity index (χ1) is 6.97. The molecular formula is C11H12BrF2N. The molecule has 0 aromatic heterocycles. The second kappa shape index (κ2) is 3.83. The molecule has 0 atom stereocenters. The Morgan fingerprint density at radius 2 is 2.07 bits per heavy atom. The van der Waals surface area contributed by atoms with Crippen molar-refractivity contribution in [1.82, 2.24) is 0 Å². The summed E-state index contributed by atoms with van der Waals surface area (Å²) in [4.78, 5) is 0. The minimum absolute atomic E-state index is 0.0352. The Morgan fingerprint density at radius 1 is 1.40 bits per heavy atom. The van der Waals surface area contributed by atoms with Crippen LogP contribution in [0.15, 0.2) is 22.7 Å². The van der Waals surface area contributed by atoms with Crippen LogP contribution in [0.1, 0.15) is 18.4 Å². The van der Waals surface area contributed by atoms with Gasteiger partial charge in [-0.15, -0.1) is 0 Å². The average molecular weight is 276 g/mol. The van der Waals surface area contributed by atoms with E-state index < -0.39 is 5.67 Å². The van der Waals surface area contributed by atoms with Crippen molar-refractivity contribution in [3.8, 4) is 0 Å². The quantitative estimate of drug-likeness (QED) is 0.883. The molecule has 1 aliphatic rings. The standard InChI is InChI=1S/C11H12BrF2N/c12-8-1-7(2-9(13)3-8)4-11(14)5-10(15)6-11/h1-3,10H,4-6,15H2. The van der Waals surface area contributed by atoms with Gasteiger partial charge in [0.15, 0.2) is 0 Å². The summed E-state index contributed by atoms with van der Waals surface area (Å²) in [7, 11) is 0. The number of alkyl halides is 1. The lowest BCUT2D eigenvalue weighted by Gasteiger charge is -2.39. The molecule has 1 nitrogen and oxygen atoms in total. The predicted molar refractivity (Wildman–Crippen MR) is 58.9 cm³/mol. The summed E-state index contributed by atoms with van der Waals surface area (Å²) in [5.74, 6) is -0.341. The van der Waals surface area contributed by atoms with E-state index in [4.69, 9.17) is 5.73 Å². The summed E-state index contributed by atoms with van der Waals surface area (Å²) in [6.45, 7) is 0. The van der Waals surface area contributed by atoms with E-state index >= 15 is 0 Å². The van der Waals surface area contributed by atoms with Crippen LogP contribution in [0.5, 0.6) is 0 Å².